The predicted octanol–water partition coefficient (Wildman–Crippen LogP) is 2.78. The van der Waals surface area contributed by atoms with Gasteiger partial charge in [0.15, 0.2) is 0 Å². The van der Waals surface area contributed by atoms with E-state index in [0.29, 0.717) is 17.2 Å². The van der Waals surface area contributed by atoms with Crippen molar-refractivity contribution in [3.05, 3.63) is 29.3 Å². The third kappa shape index (κ3) is 2.99. The summed E-state index contributed by atoms with van der Waals surface area (Å²) in [4.78, 5) is 11.7. The monoisotopic (exact) mass is 221 g/mol. The minimum absolute atomic E-state index is 0.0879. The van der Waals surface area contributed by atoms with E-state index in [1.54, 1.807) is 12.1 Å². The smallest absolute Gasteiger partial charge is 0.338 e. The zero-order valence-corrected chi connectivity index (χ0v) is 10.3. The van der Waals surface area contributed by atoms with Gasteiger partial charge in [-0.05, 0) is 37.5 Å². The number of rotatable bonds is 3. The van der Waals surface area contributed by atoms with Gasteiger partial charge < -0.3 is 10.5 Å². The highest BCUT2D eigenvalue weighted by molar-refractivity contribution is 5.90. The first kappa shape index (κ1) is 12.6. The van der Waals surface area contributed by atoms with Crippen molar-refractivity contribution in [3.63, 3.8) is 0 Å². The maximum absolute atomic E-state index is 11.7. The van der Waals surface area contributed by atoms with Crippen LogP contribution in [0.1, 0.15) is 36.7 Å². The average Bonchev–Trinajstić information content (AvgIpc) is 2.21. The van der Waals surface area contributed by atoms with Crippen LogP contribution in [-0.2, 0) is 4.74 Å². The molecule has 1 rings (SSSR count). The highest BCUT2D eigenvalue weighted by Gasteiger charge is 2.15. The van der Waals surface area contributed by atoms with E-state index in [4.69, 9.17) is 10.5 Å². The molecule has 1 unspecified atom stereocenters. The van der Waals surface area contributed by atoms with Gasteiger partial charge in [-0.25, -0.2) is 4.79 Å². The van der Waals surface area contributed by atoms with Gasteiger partial charge >= 0.3 is 5.97 Å². The summed E-state index contributed by atoms with van der Waals surface area (Å²) in [6.07, 6.45) is -0.0879. The zero-order chi connectivity index (χ0) is 12.3. The van der Waals surface area contributed by atoms with Crippen LogP contribution in [0.15, 0.2) is 18.2 Å². The molecule has 16 heavy (non-hydrogen) atoms. The van der Waals surface area contributed by atoms with Crippen LogP contribution < -0.4 is 5.73 Å². The Morgan fingerprint density at radius 1 is 1.31 bits per heavy atom. The Labute approximate surface area is 96.6 Å². The van der Waals surface area contributed by atoms with Crippen molar-refractivity contribution in [2.45, 2.75) is 33.8 Å². The summed E-state index contributed by atoms with van der Waals surface area (Å²) in [5.74, 6) is -0.000328. The molecule has 0 spiro atoms. The van der Waals surface area contributed by atoms with E-state index in [1.165, 1.54) is 0 Å². The second-order valence-corrected chi connectivity index (χ2v) is 4.43. The largest absolute Gasteiger partial charge is 0.459 e. The number of hydrogen-bond acceptors (Lipinski definition) is 3. The number of benzene rings is 1. The molecule has 0 fully saturated rings. The Bertz CT molecular complexity index is 386. The fraction of sp³-hybridized carbons (Fsp3) is 0.462. The van der Waals surface area contributed by atoms with Crippen LogP contribution in [0.2, 0.25) is 0 Å². The summed E-state index contributed by atoms with van der Waals surface area (Å²) < 4.78 is 5.30. The number of esters is 1. The van der Waals surface area contributed by atoms with Gasteiger partial charge in [-0.2, -0.15) is 0 Å². The molecule has 0 bridgehead atoms. The van der Waals surface area contributed by atoms with Crippen LogP contribution in [0, 0.1) is 12.8 Å². The average molecular weight is 221 g/mol. The van der Waals surface area contributed by atoms with Gasteiger partial charge in [0, 0.05) is 5.69 Å². The summed E-state index contributed by atoms with van der Waals surface area (Å²) in [6.45, 7) is 7.82. The van der Waals surface area contributed by atoms with E-state index in [2.05, 4.69) is 0 Å². The molecule has 0 aliphatic rings. The Kier molecular flexibility index (Phi) is 3.93. The van der Waals surface area contributed by atoms with E-state index in [-0.39, 0.29) is 12.1 Å². The molecule has 0 aliphatic carbocycles. The lowest BCUT2D eigenvalue weighted by Gasteiger charge is -2.16. The first-order valence-corrected chi connectivity index (χ1v) is 5.49. The number of hydrogen-bond donors (Lipinski definition) is 1. The van der Waals surface area contributed by atoms with Crippen LogP contribution in [0.3, 0.4) is 0 Å². The van der Waals surface area contributed by atoms with Crippen molar-refractivity contribution in [3.8, 4) is 0 Å². The second-order valence-electron chi connectivity index (χ2n) is 4.43. The minimum Gasteiger partial charge on any atom is -0.459 e. The molecule has 1 aromatic rings. The van der Waals surface area contributed by atoms with Gasteiger partial charge in [0.2, 0.25) is 0 Å². The SMILES string of the molecule is Cc1ccc(C(=O)OC(C)C(C)C)cc1N. The van der Waals surface area contributed by atoms with Crippen LogP contribution in [0.25, 0.3) is 0 Å². The lowest BCUT2D eigenvalue weighted by atomic mass is 10.1. The summed E-state index contributed by atoms with van der Waals surface area (Å²) in [5, 5.41) is 0. The van der Waals surface area contributed by atoms with E-state index < -0.39 is 0 Å². The van der Waals surface area contributed by atoms with Crippen molar-refractivity contribution >= 4 is 11.7 Å². The van der Waals surface area contributed by atoms with Gasteiger partial charge in [-0.3, -0.25) is 0 Å². The highest BCUT2D eigenvalue weighted by atomic mass is 16.5. The Balaban J connectivity index is 2.77. The van der Waals surface area contributed by atoms with E-state index in [9.17, 15) is 4.79 Å². The topological polar surface area (TPSA) is 52.3 Å². The quantitative estimate of drug-likeness (QED) is 0.630. The molecule has 0 saturated carbocycles. The van der Waals surface area contributed by atoms with Crippen LogP contribution in [-0.4, -0.2) is 12.1 Å². The van der Waals surface area contributed by atoms with Crippen LogP contribution >= 0.6 is 0 Å². The molecule has 0 radical (unpaired) electrons. The molecule has 0 aliphatic heterocycles. The first-order chi connectivity index (χ1) is 7.41. The van der Waals surface area contributed by atoms with Gasteiger partial charge in [0.25, 0.3) is 0 Å². The third-order valence-corrected chi connectivity index (χ3v) is 2.75. The van der Waals surface area contributed by atoms with Gasteiger partial charge in [0.1, 0.15) is 6.10 Å². The number of ether oxygens (including phenoxy) is 1. The fourth-order valence-corrected chi connectivity index (χ4v) is 1.14. The van der Waals surface area contributed by atoms with Gasteiger partial charge in [0.05, 0.1) is 5.56 Å². The van der Waals surface area contributed by atoms with Crippen molar-refractivity contribution in [2.24, 2.45) is 5.92 Å². The maximum Gasteiger partial charge on any atom is 0.338 e. The summed E-state index contributed by atoms with van der Waals surface area (Å²) in [7, 11) is 0. The second kappa shape index (κ2) is 5.01. The number of carbonyl (C=O) groups excluding carboxylic acids is 1. The van der Waals surface area contributed by atoms with Crippen molar-refractivity contribution in [2.75, 3.05) is 5.73 Å². The molecule has 0 saturated heterocycles. The first-order valence-electron chi connectivity index (χ1n) is 5.49. The summed E-state index contributed by atoms with van der Waals surface area (Å²) in [5.41, 5.74) is 7.83. The zero-order valence-electron chi connectivity index (χ0n) is 10.3. The fourth-order valence-electron chi connectivity index (χ4n) is 1.14. The van der Waals surface area contributed by atoms with Crippen molar-refractivity contribution in [1.29, 1.82) is 0 Å². The van der Waals surface area contributed by atoms with E-state index >= 15 is 0 Å². The van der Waals surface area contributed by atoms with Crippen molar-refractivity contribution < 1.29 is 9.53 Å². The lowest BCUT2D eigenvalue weighted by molar-refractivity contribution is 0.0238. The predicted molar refractivity (Wildman–Crippen MR) is 65.3 cm³/mol. The Hall–Kier alpha value is -1.51. The molecule has 0 amide bonds. The number of nitrogens with two attached hydrogens (primary N) is 1. The molecule has 3 nitrogen and oxygen atoms in total. The molecule has 2 N–H and O–H groups in total. The number of aryl methyl sites for hydroxylation is 1. The maximum atomic E-state index is 11.7. The standard InChI is InChI=1S/C13H19NO2/c1-8(2)10(4)16-13(15)11-6-5-9(3)12(14)7-11/h5-8,10H,14H2,1-4H3. The van der Waals surface area contributed by atoms with Crippen LogP contribution in [0.4, 0.5) is 5.69 Å². The highest BCUT2D eigenvalue weighted by Crippen LogP contribution is 2.15. The van der Waals surface area contributed by atoms with Gasteiger partial charge in [-0.15, -0.1) is 0 Å². The van der Waals surface area contributed by atoms with E-state index in [1.807, 2.05) is 33.8 Å². The third-order valence-electron chi connectivity index (χ3n) is 2.75. The normalized spacial score (nSPS) is 12.6. The molecule has 1 atom stereocenters. The molecular weight excluding hydrogens is 202 g/mol. The molecule has 0 heterocycles. The Morgan fingerprint density at radius 2 is 1.94 bits per heavy atom. The summed E-state index contributed by atoms with van der Waals surface area (Å²) in [6, 6.07) is 5.22. The number of carbonyl (C=O) groups is 1. The Morgan fingerprint density at radius 3 is 2.44 bits per heavy atom. The molecule has 3 heteroatoms. The molecule has 88 valence electrons. The lowest BCUT2D eigenvalue weighted by Crippen LogP contribution is -2.20. The number of nitrogen functional groups attached to an aromatic ring is 1. The minimum atomic E-state index is -0.312. The summed E-state index contributed by atoms with van der Waals surface area (Å²) >= 11 is 0. The van der Waals surface area contributed by atoms with Gasteiger partial charge in [-0.1, -0.05) is 19.9 Å². The number of anilines is 1. The van der Waals surface area contributed by atoms with Crippen LogP contribution in [0.5, 0.6) is 0 Å². The van der Waals surface area contributed by atoms with E-state index in [0.717, 1.165) is 5.56 Å². The molecular formula is C13H19NO2. The van der Waals surface area contributed by atoms with Crippen molar-refractivity contribution in [1.82, 2.24) is 0 Å². The molecule has 1 aromatic carbocycles. The molecule has 0 aromatic heterocycles.